The van der Waals surface area contributed by atoms with Crippen LogP contribution in [0.5, 0.6) is 0 Å². The van der Waals surface area contributed by atoms with Crippen LogP contribution in [0.1, 0.15) is 24.2 Å². The molecular formula is C12H12F3NO3. The highest BCUT2D eigenvalue weighted by atomic mass is 19.4. The van der Waals surface area contributed by atoms with Crippen molar-refractivity contribution in [2.24, 2.45) is 0 Å². The number of hydrogen-bond acceptors (Lipinski definition) is 3. The minimum atomic E-state index is -5.11. The van der Waals surface area contributed by atoms with Crippen molar-refractivity contribution < 1.29 is 27.9 Å². The van der Waals surface area contributed by atoms with Gasteiger partial charge >= 0.3 is 6.18 Å². The molecule has 1 unspecified atom stereocenters. The summed E-state index contributed by atoms with van der Waals surface area (Å²) in [5.41, 5.74) is -3.55. The van der Waals surface area contributed by atoms with E-state index in [1.54, 1.807) is 0 Å². The van der Waals surface area contributed by atoms with Gasteiger partial charge in [0.1, 0.15) is 0 Å². The quantitative estimate of drug-likeness (QED) is 0.830. The molecule has 1 atom stereocenters. The predicted molar refractivity (Wildman–Crippen MR) is 61.8 cm³/mol. The summed E-state index contributed by atoms with van der Waals surface area (Å²) in [6, 6.07) is 5.60. The van der Waals surface area contributed by atoms with Gasteiger partial charge in [0.15, 0.2) is 5.78 Å². The normalized spacial score (nSPS) is 14.6. The van der Waals surface area contributed by atoms with E-state index in [1.807, 2.05) is 5.32 Å². The molecule has 0 radical (unpaired) electrons. The molecule has 0 bridgehead atoms. The third-order valence-corrected chi connectivity index (χ3v) is 2.55. The highest BCUT2D eigenvalue weighted by molar-refractivity contribution is 6.05. The van der Waals surface area contributed by atoms with Crippen LogP contribution in [0.2, 0.25) is 0 Å². The van der Waals surface area contributed by atoms with Gasteiger partial charge in [-0.15, -0.1) is 0 Å². The van der Waals surface area contributed by atoms with Crippen molar-refractivity contribution in [2.45, 2.75) is 25.6 Å². The smallest absolute Gasteiger partial charge is 0.373 e. The van der Waals surface area contributed by atoms with Gasteiger partial charge in [-0.05, 0) is 26.0 Å². The topological polar surface area (TPSA) is 66.4 Å². The van der Waals surface area contributed by atoms with Crippen LogP contribution in [0, 0.1) is 0 Å². The first-order valence-electron chi connectivity index (χ1n) is 5.28. The first-order valence-corrected chi connectivity index (χ1v) is 5.28. The molecule has 0 saturated heterocycles. The average molecular weight is 275 g/mol. The van der Waals surface area contributed by atoms with Crippen molar-refractivity contribution in [3.63, 3.8) is 0 Å². The van der Waals surface area contributed by atoms with E-state index in [0.29, 0.717) is 6.92 Å². The van der Waals surface area contributed by atoms with Crippen LogP contribution in [-0.4, -0.2) is 28.6 Å². The molecule has 2 N–H and O–H groups in total. The van der Waals surface area contributed by atoms with Crippen LogP contribution in [0.4, 0.5) is 18.9 Å². The van der Waals surface area contributed by atoms with Gasteiger partial charge in [0, 0.05) is 5.56 Å². The molecule has 0 aliphatic carbocycles. The first-order chi connectivity index (χ1) is 8.57. The number of nitrogens with one attached hydrogen (secondary N) is 1. The molecule has 0 saturated carbocycles. The minimum Gasteiger partial charge on any atom is -0.373 e. The molecular weight excluding hydrogens is 263 g/mol. The molecule has 0 aliphatic heterocycles. The summed E-state index contributed by atoms with van der Waals surface area (Å²) in [6.45, 7) is 1.56. The minimum absolute atomic E-state index is 0.0637. The monoisotopic (exact) mass is 275 g/mol. The van der Waals surface area contributed by atoms with Crippen LogP contribution < -0.4 is 5.32 Å². The van der Waals surface area contributed by atoms with Gasteiger partial charge in [-0.2, -0.15) is 13.2 Å². The largest absolute Gasteiger partial charge is 0.426 e. The lowest BCUT2D eigenvalue weighted by Crippen LogP contribution is -2.52. The zero-order valence-electron chi connectivity index (χ0n) is 10.2. The van der Waals surface area contributed by atoms with E-state index in [4.69, 9.17) is 0 Å². The van der Waals surface area contributed by atoms with E-state index in [2.05, 4.69) is 0 Å². The fourth-order valence-electron chi connectivity index (χ4n) is 1.27. The highest BCUT2D eigenvalue weighted by Crippen LogP contribution is 2.31. The van der Waals surface area contributed by atoms with E-state index in [9.17, 15) is 27.9 Å². The molecule has 1 rings (SSSR count). The maximum Gasteiger partial charge on any atom is 0.426 e. The number of carbonyl (C=O) groups excluding carboxylic acids is 2. The van der Waals surface area contributed by atoms with Crippen molar-refractivity contribution >= 4 is 17.4 Å². The molecule has 0 spiro atoms. The molecule has 4 nitrogen and oxygen atoms in total. The van der Waals surface area contributed by atoms with Crippen molar-refractivity contribution in [3.05, 3.63) is 29.8 Å². The molecule has 0 heterocycles. The molecule has 1 aromatic carbocycles. The van der Waals surface area contributed by atoms with Crippen molar-refractivity contribution in [1.82, 2.24) is 0 Å². The zero-order chi connectivity index (χ0) is 14.8. The average Bonchev–Trinajstić information content (AvgIpc) is 2.27. The van der Waals surface area contributed by atoms with Crippen LogP contribution in [-0.2, 0) is 4.79 Å². The number of amides is 1. The van der Waals surface area contributed by atoms with Gasteiger partial charge in [-0.3, -0.25) is 9.59 Å². The molecule has 7 heteroatoms. The summed E-state index contributed by atoms with van der Waals surface area (Å²) < 4.78 is 37.4. The zero-order valence-corrected chi connectivity index (χ0v) is 10.2. The fraction of sp³-hybridized carbons (Fsp3) is 0.333. The second-order valence-electron chi connectivity index (χ2n) is 4.13. The number of benzene rings is 1. The lowest BCUT2D eigenvalue weighted by Gasteiger charge is -2.25. The number of aliphatic hydroxyl groups is 1. The molecule has 0 fully saturated rings. The third-order valence-electron chi connectivity index (χ3n) is 2.55. The fourth-order valence-corrected chi connectivity index (χ4v) is 1.27. The van der Waals surface area contributed by atoms with Crippen molar-refractivity contribution in [3.8, 4) is 0 Å². The van der Waals surface area contributed by atoms with Gasteiger partial charge in [0.05, 0.1) is 5.69 Å². The summed E-state index contributed by atoms with van der Waals surface area (Å²) in [5.74, 6) is -2.06. The number of rotatable bonds is 3. The van der Waals surface area contributed by atoms with E-state index < -0.39 is 23.5 Å². The maximum atomic E-state index is 12.5. The van der Waals surface area contributed by atoms with E-state index in [-0.39, 0.29) is 11.3 Å². The number of anilines is 1. The maximum absolute atomic E-state index is 12.5. The van der Waals surface area contributed by atoms with E-state index >= 15 is 0 Å². The summed E-state index contributed by atoms with van der Waals surface area (Å²) in [5, 5.41) is 11.1. The number of ketones is 1. The Balaban J connectivity index is 3.05. The number of para-hydroxylation sites is 1. The summed E-state index contributed by atoms with van der Waals surface area (Å²) in [7, 11) is 0. The summed E-state index contributed by atoms with van der Waals surface area (Å²) in [4.78, 5) is 22.7. The number of halogens is 3. The Morgan fingerprint density at radius 1 is 1.21 bits per heavy atom. The van der Waals surface area contributed by atoms with Gasteiger partial charge in [-0.1, -0.05) is 12.1 Å². The highest BCUT2D eigenvalue weighted by Gasteiger charge is 2.55. The van der Waals surface area contributed by atoms with Gasteiger partial charge in [0.25, 0.3) is 5.91 Å². The van der Waals surface area contributed by atoms with E-state index in [1.165, 1.54) is 31.2 Å². The molecule has 0 aliphatic rings. The summed E-state index contributed by atoms with van der Waals surface area (Å²) >= 11 is 0. The second-order valence-corrected chi connectivity index (χ2v) is 4.13. The molecule has 1 amide bonds. The summed E-state index contributed by atoms with van der Waals surface area (Å²) in [6.07, 6.45) is -5.11. The molecule has 19 heavy (non-hydrogen) atoms. The standard InChI is InChI=1S/C12H12F3NO3/c1-7(17)8-5-3-4-6-9(8)16-10(18)11(2,19)12(13,14)15/h3-6,19H,1-2H3,(H,16,18). The Morgan fingerprint density at radius 3 is 2.21 bits per heavy atom. The first kappa shape index (κ1) is 15.2. The second kappa shape index (κ2) is 5.00. The van der Waals surface area contributed by atoms with Gasteiger partial charge < -0.3 is 10.4 Å². The SMILES string of the molecule is CC(=O)c1ccccc1NC(=O)C(C)(O)C(F)(F)F. The molecule has 104 valence electrons. The van der Waals surface area contributed by atoms with Crippen LogP contribution in [0.3, 0.4) is 0 Å². The molecule has 0 aromatic heterocycles. The molecule has 1 aromatic rings. The van der Waals surface area contributed by atoms with Crippen LogP contribution >= 0.6 is 0 Å². The number of hydrogen-bond donors (Lipinski definition) is 2. The predicted octanol–water partition coefficient (Wildman–Crippen LogP) is 2.14. The number of carbonyl (C=O) groups is 2. The Bertz CT molecular complexity index is 509. The number of alkyl halides is 3. The van der Waals surface area contributed by atoms with Gasteiger partial charge in [-0.25, -0.2) is 0 Å². The van der Waals surface area contributed by atoms with Crippen molar-refractivity contribution in [2.75, 3.05) is 5.32 Å². The Hall–Kier alpha value is -1.89. The van der Waals surface area contributed by atoms with Gasteiger partial charge in [0.2, 0.25) is 5.60 Å². The van der Waals surface area contributed by atoms with Crippen LogP contribution in [0.15, 0.2) is 24.3 Å². The Morgan fingerprint density at radius 2 is 1.74 bits per heavy atom. The third kappa shape index (κ3) is 3.11. The lowest BCUT2D eigenvalue weighted by molar-refractivity contribution is -0.242. The van der Waals surface area contributed by atoms with Crippen molar-refractivity contribution in [1.29, 1.82) is 0 Å². The Labute approximate surface area is 107 Å². The van der Waals surface area contributed by atoms with Crippen LogP contribution in [0.25, 0.3) is 0 Å². The van der Waals surface area contributed by atoms with E-state index in [0.717, 1.165) is 0 Å². The number of Topliss-reactive ketones (excluding diaryl/α,β-unsaturated/α-hetero) is 1. The lowest BCUT2D eigenvalue weighted by atomic mass is 10.0. The Kier molecular flexibility index (Phi) is 4.00.